The van der Waals surface area contributed by atoms with Crippen molar-refractivity contribution in [3.63, 3.8) is 0 Å². The fraction of sp³-hybridized carbons (Fsp3) is 0.400. The molecule has 1 saturated heterocycles. The molecule has 4 nitrogen and oxygen atoms in total. The van der Waals surface area contributed by atoms with Gasteiger partial charge in [-0.25, -0.2) is 4.68 Å². The van der Waals surface area contributed by atoms with Crippen molar-refractivity contribution in [2.45, 2.75) is 38.9 Å². The van der Waals surface area contributed by atoms with E-state index in [0.717, 1.165) is 11.2 Å². The SMILES string of the molecule is CC1(C)OB(c2ccccc2-n2cccn2)OC1(C)C. The molecule has 0 spiro atoms. The molecule has 1 fully saturated rings. The molecule has 1 aromatic carbocycles. The summed E-state index contributed by atoms with van der Waals surface area (Å²) in [5, 5.41) is 4.30. The molecule has 3 rings (SSSR count). The molecule has 0 saturated carbocycles. The Kier molecular flexibility index (Phi) is 2.99. The quantitative estimate of drug-likeness (QED) is 0.785. The maximum atomic E-state index is 6.13. The van der Waals surface area contributed by atoms with E-state index >= 15 is 0 Å². The van der Waals surface area contributed by atoms with Crippen LogP contribution in [0, 0.1) is 0 Å². The molecule has 0 unspecified atom stereocenters. The van der Waals surface area contributed by atoms with E-state index in [4.69, 9.17) is 9.31 Å². The Labute approximate surface area is 119 Å². The van der Waals surface area contributed by atoms with Crippen molar-refractivity contribution in [1.29, 1.82) is 0 Å². The number of nitrogens with zero attached hydrogens (tertiary/aromatic N) is 2. The second kappa shape index (κ2) is 4.47. The number of hydrogen-bond acceptors (Lipinski definition) is 3. The van der Waals surface area contributed by atoms with Gasteiger partial charge in [0.25, 0.3) is 0 Å². The molecule has 1 aliphatic heterocycles. The van der Waals surface area contributed by atoms with Gasteiger partial charge in [-0.15, -0.1) is 0 Å². The molecule has 0 bridgehead atoms. The first-order chi connectivity index (χ1) is 9.41. The second-order valence-corrected chi connectivity index (χ2v) is 6.10. The smallest absolute Gasteiger partial charge is 0.399 e. The lowest BCUT2D eigenvalue weighted by Gasteiger charge is -2.32. The van der Waals surface area contributed by atoms with Crippen LogP contribution in [0.4, 0.5) is 0 Å². The van der Waals surface area contributed by atoms with Crippen molar-refractivity contribution in [3.05, 3.63) is 42.7 Å². The van der Waals surface area contributed by atoms with Crippen molar-refractivity contribution in [2.24, 2.45) is 0 Å². The van der Waals surface area contributed by atoms with Gasteiger partial charge in [0.15, 0.2) is 0 Å². The summed E-state index contributed by atoms with van der Waals surface area (Å²) in [5.41, 5.74) is 1.30. The molecule has 0 radical (unpaired) electrons. The molecule has 2 heterocycles. The van der Waals surface area contributed by atoms with Gasteiger partial charge < -0.3 is 9.31 Å². The molecule has 104 valence electrons. The third kappa shape index (κ3) is 2.07. The number of para-hydroxylation sites is 1. The molecule has 5 heteroatoms. The summed E-state index contributed by atoms with van der Waals surface area (Å²) in [6.07, 6.45) is 3.69. The Morgan fingerprint density at radius 3 is 2.25 bits per heavy atom. The lowest BCUT2D eigenvalue weighted by atomic mass is 9.78. The average Bonchev–Trinajstić information content (AvgIpc) is 2.97. The molecule has 1 aromatic heterocycles. The highest BCUT2D eigenvalue weighted by Crippen LogP contribution is 2.36. The summed E-state index contributed by atoms with van der Waals surface area (Å²) in [7, 11) is -0.375. The largest absolute Gasteiger partial charge is 0.497 e. The highest BCUT2D eigenvalue weighted by Gasteiger charge is 2.52. The zero-order valence-corrected chi connectivity index (χ0v) is 12.3. The van der Waals surface area contributed by atoms with E-state index in [0.29, 0.717) is 0 Å². The minimum absolute atomic E-state index is 0.338. The number of aromatic nitrogens is 2. The molecule has 0 atom stereocenters. The van der Waals surface area contributed by atoms with E-state index in [1.807, 2.05) is 41.2 Å². The van der Waals surface area contributed by atoms with Crippen LogP contribution in [-0.4, -0.2) is 28.1 Å². The molecule has 0 aliphatic carbocycles. The summed E-state index contributed by atoms with van der Waals surface area (Å²) >= 11 is 0. The normalized spacial score (nSPS) is 20.3. The van der Waals surface area contributed by atoms with Crippen LogP contribution in [0.2, 0.25) is 0 Å². The average molecular weight is 270 g/mol. The van der Waals surface area contributed by atoms with E-state index in [2.05, 4.69) is 32.8 Å². The van der Waals surface area contributed by atoms with Gasteiger partial charge in [0, 0.05) is 17.9 Å². The van der Waals surface area contributed by atoms with Crippen LogP contribution in [0.1, 0.15) is 27.7 Å². The topological polar surface area (TPSA) is 36.3 Å². The Morgan fingerprint density at radius 1 is 1.00 bits per heavy atom. The summed E-state index contributed by atoms with van der Waals surface area (Å²) in [6.45, 7) is 8.24. The first-order valence-corrected chi connectivity index (χ1v) is 6.85. The Balaban J connectivity index is 2.01. The van der Waals surface area contributed by atoms with Crippen LogP contribution >= 0.6 is 0 Å². The number of hydrogen-bond donors (Lipinski definition) is 0. The molecular formula is C15H19BN2O2. The van der Waals surface area contributed by atoms with Crippen molar-refractivity contribution in [2.75, 3.05) is 0 Å². The van der Waals surface area contributed by atoms with E-state index < -0.39 is 0 Å². The van der Waals surface area contributed by atoms with Gasteiger partial charge in [-0.3, -0.25) is 0 Å². The van der Waals surface area contributed by atoms with Crippen molar-refractivity contribution in [1.82, 2.24) is 9.78 Å². The third-order valence-electron chi connectivity index (χ3n) is 4.20. The van der Waals surface area contributed by atoms with Gasteiger partial charge in [-0.05, 0) is 39.8 Å². The first kappa shape index (κ1) is 13.4. The number of benzene rings is 1. The number of rotatable bonds is 2. The van der Waals surface area contributed by atoms with Crippen LogP contribution < -0.4 is 5.46 Å². The minimum atomic E-state index is -0.375. The maximum absolute atomic E-state index is 6.13. The van der Waals surface area contributed by atoms with Crippen molar-refractivity contribution >= 4 is 12.6 Å². The highest BCUT2D eigenvalue weighted by atomic mass is 16.7. The van der Waals surface area contributed by atoms with Crippen LogP contribution in [0.5, 0.6) is 0 Å². The van der Waals surface area contributed by atoms with Gasteiger partial charge >= 0.3 is 7.12 Å². The zero-order valence-electron chi connectivity index (χ0n) is 12.3. The van der Waals surface area contributed by atoms with Crippen LogP contribution in [0.25, 0.3) is 5.69 Å². The molecule has 0 amide bonds. The molecule has 20 heavy (non-hydrogen) atoms. The molecule has 2 aromatic rings. The van der Waals surface area contributed by atoms with Gasteiger partial charge in [-0.1, -0.05) is 18.2 Å². The van der Waals surface area contributed by atoms with Crippen LogP contribution in [0.15, 0.2) is 42.7 Å². The first-order valence-electron chi connectivity index (χ1n) is 6.85. The van der Waals surface area contributed by atoms with Crippen molar-refractivity contribution < 1.29 is 9.31 Å². The van der Waals surface area contributed by atoms with Gasteiger partial charge in [0.1, 0.15) is 0 Å². The third-order valence-corrected chi connectivity index (χ3v) is 4.20. The van der Waals surface area contributed by atoms with E-state index in [1.165, 1.54) is 0 Å². The van der Waals surface area contributed by atoms with Gasteiger partial charge in [0.05, 0.1) is 16.9 Å². The fourth-order valence-corrected chi connectivity index (χ4v) is 2.28. The predicted octanol–water partition coefficient (Wildman–Crippen LogP) is 2.17. The maximum Gasteiger partial charge on any atom is 0.497 e. The lowest BCUT2D eigenvalue weighted by Crippen LogP contribution is -2.41. The van der Waals surface area contributed by atoms with Crippen LogP contribution in [0.3, 0.4) is 0 Å². The van der Waals surface area contributed by atoms with Gasteiger partial charge in [-0.2, -0.15) is 5.10 Å². The minimum Gasteiger partial charge on any atom is -0.399 e. The lowest BCUT2D eigenvalue weighted by molar-refractivity contribution is 0.00578. The molecular weight excluding hydrogens is 251 g/mol. The summed E-state index contributed by atoms with van der Waals surface area (Å²) in [4.78, 5) is 0. The van der Waals surface area contributed by atoms with Gasteiger partial charge in [0.2, 0.25) is 0 Å². The molecule has 0 N–H and O–H groups in total. The second-order valence-electron chi connectivity index (χ2n) is 6.10. The van der Waals surface area contributed by atoms with Crippen LogP contribution in [-0.2, 0) is 9.31 Å². The Bertz CT molecular complexity index is 592. The predicted molar refractivity (Wildman–Crippen MR) is 79.3 cm³/mol. The highest BCUT2D eigenvalue weighted by molar-refractivity contribution is 6.63. The van der Waals surface area contributed by atoms with Crippen molar-refractivity contribution in [3.8, 4) is 5.69 Å². The monoisotopic (exact) mass is 270 g/mol. The van der Waals surface area contributed by atoms with E-state index in [9.17, 15) is 0 Å². The van der Waals surface area contributed by atoms with E-state index in [-0.39, 0.29) is 18.3 Å². The van der Waals surface area contributed by atoms with E-state index in [1.54, 1.807) is 6.20 Å². The fourth-order valence-electron chi connectivity index (χ4n) is 2.28. The summed E-state index contributed by atoms with van der Waals surface area (Å²) < 4.78 is 14.1. The summed E-state index contributed by atoms with van der Waals surface area (Å²) in [5.74, 6) is 0. The Hall–Kier alpha value is -1.59. The summed E-state index contributed by atoms with van der Waals surface area (Å²) in [6, 6.07) is 9.94. The Morgan fingerprint density at radius 2 is 1.65 bits per heavy atom. The molecule has 1 aliphatic rings. The zero-order chi connectivity index (χ0) is 14.4. The standard InChI is InChI=1S/C15H19BN2O2/c1-14(2)15(3,4)20-16(19-14)12-8-5-6-9-13(12)18-11-7-10-17-18/h5-11H,1-4H3.